The van der Waals surface area contributed by atoms with Crippen molar-refractivity contribution in [3.63, 3.8) is 0 Å². The first-order valence-electron chi connectivity index (χ1n) is 8.19. The van der Waals surface area contributed by atoms with Gasteiger partial charge in [0.05, 0.1) is 0 Å². The van der Waals surface area contributed by atoms with Crippen LogP contribution in [0, 0.1) is 5.92 Å². The highest BCUT2D eigenvalue weighted by Gasteiger charge is 2.47. The van der Waals surface area contributed by atoms with Crippen LogP contribution >= 0.6 is 0 Å². The molecule has 1 aliphatic carbocycles. The first kappa shape index (κ1) is 14.3. The predicted octanol–water partition coefficient (Wildman–Crippen LogP) is 3.42. The summed E-state index contributed by atoms with van der Waals surface area (Å²) in [5, 5.41) is 3.77. The quantitative estimate of drug-likeness (QED) is 0.698. The maximum atomic E-state index is 3.77. The molecule has 2 atom stereocenters. The van der Waals surface area contributed by atoms with Gasteiger partial charge in [0, 0.05) is 24.7 Å². The van der Waals surface area contributed by atoms with Crippen molar-refractivity contribution in [1.82, 2.24) is 10.2 Å². The molecule has 0 bridgehead atoms. The summed E-state index contributed by atoms with van der Waals surface area (Å²) in [6, 6.07) is 0.725. The Hall–Kier alpha value is -0.0800. The zero-order valence-electron chi connectivity index (χ0n) is 12.7. The lowest BCUT2D eigenvalue weighted by molar-refractivity contribution is 0.0327. The van der Waals surface area contributed by atoms with Crippen LogP contribution in [-0.4, -0.2) is 36.1 Å². The molecule has 106 valence electrons. The topological polar surface area (TPSA) is 15.3 Å². The molecule has 0 aromatic carbocycles. The summed E-state index contributed by atoms with van der Waals surface area (Å²) in [4.78, 5) is 2.82. The van der Waals surface area contributed by atoms with Crippen LogP contribution in [0.2, 0.25) is 0 Å². The fourth-order valence-corrected chi connectivity index (χ4v) is 3.46. The minimum atomic E-state index is 0.456. The number of nitrogens with one attached hydrogen (secondary N) is 1. The molecule has 2 nitrogen and oxygen atoms in total. The molecule has 0 spiro atoms. The van der Waals surface area contributed by atoms with Crippen molar-refractivity contribution >= 4 is 0 Å². The highest BCUT2D eigenvalue weighted by atomic mass is 15.3. The van der Waals surface area contributed by atoms with Gasteiger partial charge in [-0.3, -0.25) is 4.90 Å². The van der Waals surface area contributed by atoms with Crippen LogP contribution in [0.3, 0.4) is 0 Å². The lowest BCUT2D eigenvalue weighted by atomic mass is 9.88. The van der Waals surface area contributed by atoms with E-state index in [1.807, 2.05) is 0 Å². The van der Waals surface area contributed by atoms with Crippen LogP contribution < -0.4 is 5.32 Å². The Morgan fingerprint density at radius 1 is 1.17 bits per heavy atom. The second-order valence-corrected chi connectivity index (χ2v) is 6.62. The highest BCUT2D eigenvalue weighted by molar-refractivity contribution is 5.04. The maximum Gasteiger partial charge on any atom is 0.0334 e. The molecule has 18 heavy (non-hydrogen) atoms. The van der Waals surface area contributed by atoms with Gasteiger partial charge < -0.3 is 5.32 Å². The van der Waals surface area contributed by atoms with Gasteiger partial charge in [-0.1, -0.05) is 33.1 Å². The van der Waals surface area contributed by atoms with Gasteiger partial charge in [0.1, 0.15) is 0 Å². The summed E-state index contributed by atoms with van der Waals surface area (Å²) in [6.45, 7) is 10.9. The summed E-state index contributed by atoms with van der Waals surface area (Å²) < 4.78 is 0. The average molecular weight is 252 g/mol. The van der Waals surface area contributed by atoms with E-state index < -0.39 is 0 Å². The maximum absolute atomic E-state index is 3.77. The van der Waals surface area contributed by atoms with E-state index in [2.05, 4.69) is 31.0 Å². The molecular formula is C16H32N2. The number of hydrogen-bond donors (Lipinski definition) is 1. The van der Waals surface area contributed by atoms with Crippen molar-refractivity contribution in [2.45, 2.75) is 77.3 Å². The second kappa shape index (κ2) is 6.38. The van der Waals surface area contributed by atoms with E-state index in [0.717, 1.165) is 12.0 Å². The van der Waals surface area contributed by atoms with Gasteiger partial charge >= 0.3 is 0 Å². The predicted molar refractivity (Wildman–Crippen MR) is 78.9 cm³/mol. The van der Waals surface area contributed by atoms with E-state index in [0.29, 0.717) is 5.54 Å². The van der Waals surface area contributed by atoms with Gasteiger partial charge in [-0.15, -0.1) is 0 Å². The zero-order valence-corrected chi connectivity index (χ0v) is 12.7. The molecule has 2 rings (SSSR count). The van der Waals surface area contributed by atoms with Gasteiger partial charge in [0.25, 0.3) is 0 Å². The van der Waals surface area contributed by atoms with E-state index >= 15 is 0 Å². The minimum absolute atomic E-state index is 0.456. The smallest absolute Gasteiger partial charge is 0.0334 e. The first-order valence-corrected chi connectivity index (χ1v) is 8.19. The summed E-state index contributed by atoms with van der Waals surface area (Å²) >= 11 is 0. The third-order valence-corrected chi connectivity index (χ3v) is 5.14. The fourth-order valence-electron chi connectivity index (χ4n) is 3.46. The van der Waals surface area contributed by atoms with E-state index in [4.69, 9.17) is 0 Å². The SMILES string of the molecule is CCCCCCN1CC(CC)NCC1(C)C1CC1. The lowest BCUT2D eigenvalue weighted by Gasteiger charge is -2.49. The van der Waals surface area contributed by atoms with Gasteiger partial charge in [-0.05, 0) is 45.1 Å². The highest BCUT2D eigenvalue weighted by Crippen LogP contribution is 2.44. The van der Waals surface area contributed by atoms with E-state index in [9.17, 15) is 0 Å². The molecule has 1 saturated carbocycles. The summed E-state index contributed by atoms with van der Waals surface area (Å²) in [5.41, 5.74) is 0.456. The molecule has 1 heterocycles. The molecule has 2 unspecified atom stereocenters. The number of nitrogens with zero attached hydrogens (tertiary/aromatic N) is 1. The molecule has 1 aliphatic heterocycles. The van der Waals surface area contributed by atoms with Crippen LogP contribution in [0.5, 0.6) is 0 Å². The minimum Gasteiger partial charge on any atom is -0.311 e. The van der Waals surface area contributed by atoms with Crippen molar-refractivity contribution in [3.8, 4) is 0 Å². The largest absolute Gasteiger partial charge is 0.311 e. The molecule has 2 fully saturated rings. The molecule has 1 N–H and O–H groups in total. The Morgan fingerprint density at radius 3 is 2.56 bits per heavy atom. The molecule has 2 aliphatic rings. The Labute approximate surface area is 114 Å². The van der Waals surface area contributed by atoms with Crippen LogP contribution in [0.1, 0.15) is 65.7 Å². The van der Waals surface area contributed by atoms with Crippen molar-refractivity contribution in [1.29, 1.82) is 0 Å². The van der Waals surface area contributed by atoms with E-state index in [-0.39, 0.29) is 0 Å². The Bertz CT molecular complexity index is 249. The molecular weight excluding hydrogens is 220 g/mol. The normalized spacial score (nSPS) is 33.8. The van der Waals surface area contributed by atoms with E-state index in [1.165, 1.54) is 64.6 Å². The summed E-state index contributed by atoms with van der Waals surface area (Å²) in [7, 11) is 0. The van der Waals surface area contributed by atoms with Crippen LogP contribution in [0.15, 0.2) is 0 Å². The molecule has 1 saturated heterocycles. The molecule has 0 aromatic heterocycles. The Kier molecular flexibility index (Phi) is 5.08. The first-order chi connectivity index (χ1) is 8.70. The fraction of sp³-hybridized carbons (Fsp3) is 1.00. The Morgan fingerprint density at radius 2 is 1.94 bits per heavy atom. The van der Waals surface area contributed by atoms with Gasteiger partial charge in [0.15, 0.2) is 0 Å². The number of rotatable bonds is 7. The third kappa shape index (κ3) is 3.27. The van der Waals surface area contributed by atoms with E-state index in [1.54, 1.807) is 0 Å². The van der Waals surface area contributed by atoms with Gasteiger partial charge in [-0.2, -0.15) is 0 Å². The number of piperazine rings is 1. The standard InChI is InChI=1S/C16H32N2/c1-4-6-7-8-11-18-12-15(5-2)17-13-16(18,3)14-9-10-14/h14-15,17H,4-13H2,1-3H3. The molecule has 2 heteroatoms. The van der Waals surface area contributed by atoms with Gasteiger partial charge in [0.2, 0.25) is 0 Å². The van der Waals surface area contributed by atoms with Crippen molar-refractivity contribution in [3.05, 3.63) is 0 Å². The molecule has 0 amide bonds. The summed E-state index contributed by atoms with van der Waals surface area (Å²) in [6.07, 6.45) is 9.75. The van der Waals surface area contributed by atoms with Crippen LogP contribution in [0.4, 0.5) is 0 Å². The average Bonchev–Trinajstić information content (AvgIpc) is 3.21. The zero-order chi connectivity index (χ0) is 13.0. The Balaban J connectivity index is 1.87. The number of hydrogen-bond acceptors (Lipinski definition) is 2. The van der Waals surface area contributed by atoms with Crippen molar-refractivity contribution < 1.29 is 0 Å². The monoisotopic (exact) mass is 252 g/mol. The van der Waals surface area contributed by atoms with Crippen molar-refractivity contribution in [2.75, 3.05) is 19.6 Å². The van der Waals surface area contributed by atoms with Crippen molar-refractivity contribution in [2.24, 2.45) is 5.92 Å². The van der Waals surface area contributed by atoms with Crippen LogP contribution in [0.25, 0.3) is 0 Å². The van der Waals surface area contributed by atoms with Crippen LogP contribution in [-0.2, 0) is 0 Å². The number of unbranched alkanes of at least 4 members (excludes halogenated alkanes) is 3. The molecule has 0 aromatic rings. The van der Waals surface area contributed by atoms with Gasteiger partial charge in [-0.25, -0.2) is 0 Å². The second-order valence-electron chi connectivity index (χ2n) is 6.62. The lowest BCUT2D eigenvalue weighted by Crippen LogP contribution is -2.64. The molecule has 0 radical (unpaired) electrons. The third-order valence-electron chi connectivity index (χ3n) is 5.14. The summed E-state index contributed by atoms with van der Waals surface area (Å²) in [5.74, 6) is 0.967.